The highest BCUT2D eigenvalue weighted by Gasteiger charge is 2.06. The van der Waals surface area contributed by atoms with Gasteiger partial charge in [-0.25, -0.2) is 9.59 Å². The number of amides is 2. The largest absolute Gasteiger partial charge is 0.493 e. The van der Waals surface area contributed by atoms with E-state index in [4.69, 9.17) is 14.6 Å². The Bertz CT molecular complexity index is 790. The summed E-state index contributed by atoms with van der Waals surface area (Å²) in [7, 11) is 1.61. The van der Waals surface area contributed by atoms with Crippen molar-refractivity contribution in [1.82, 2.24) is 10.6 Å². The Hall–Kier alpha value is -3.22. The molecule has 0 aliphatic heterocycles. The second kappa shape index (κ2) is 10.8. The highest BCUT2D eigenvalue weighted by Crippen LogP contribution is 2.28. The van der Waals surface area contributed by atoms with Crippen molar-refractivity contribution >= 4 is 12.0 Å². The van der Waals surface area contributed by atoms with Gasteiger partial charge in [-0.05, 0) is 55.2 Å². The number of nitrogens with one attached hydrogen (secondary N) is 2. The van der Waals surface area contributed by atoms with Gasteiger partial charge in [0, 0.05) is 13.1 Å². The minimum Gasteiger partial charge on any atom is -0.493 e. The summed E-state index contributed by atoms with van der Waals surface area (Å²) < 4.78 is 10.8. The molecule has 0 atom stereocenters. The number of urea groups is 1. The number of carboxylic acid groups (broad SMARTS) is 1. The van der Waals surface area contributed by atoms with Crippen molar-refractivity contribution in [1.29, 1.82) is 0 Å². The second-order valence-electron chi connectivity index (χ2n) is 6.13. The molecule has 0 aliphatic rings. The van der Waals surface area contributed by atoms with E-state index in [0.717, 1.165) is 29.7 Å². The first-order valence-electron chi connectivity index (χ1n) is 9.17. The van der Waals surface area contributed by atoms with E-state index in [1.807, 2.05) is 25.1 Å². The molecule has 7 heteroatoms. The maximum absolute atomic E-state index is 11.9. The van der Waals surface area contributed by atoms with Crippen LogP contribution in [0.4, 0.5) is 4.79 Å². The monoisotopic (exact) mass is 386 g/mol. The average Bonchev–Trinajstić information content (AvgIpc) is 2.70. The molecule has 2 aromatic carbocycles. The molecule has 0 unspecified atom stereocenters. The van der Waals surface area contributed by atoms with E-state index >= 15 is 0 Å². The summed E-state index contributed by atoms with van der Waals surface area (Å²) >= 11 is 0. The molecule has 0 heterocycles. The van der Waals surface area contributed by atoms with Gasteiger partial charge in [0.2, 0.25) is 0 Å². The summed E-state index contributed by atoms with van der Waals surface area (Å²) in [5.41, 5.74) is 2.17. The van der Waals surface area contributed by atoms with Crippen LogP contribution in [0.2, 0.25) is 0 Å². The molecule has 2 rings (SSSR count). The Labute approximate surface area is 164 Å². The number of hydrogen-bond acceptors (Lipinski definition) is 4. The molecule has 0 spiro atoms. The number of rotatable bonds is 10. The lowest BCUT2D eigenvalue weighted by molar-refractivity contribution is 0.0697. The summed E-state index contributed by atoms with van der Waals surface area (Å²) in [6, 6.07) is 12.0. The van der Waals surface area contributed by atoms with Crippen LogP contribution in [0.15, 0.2) is 42.5 Å². The minimum atomic E-state index is -0.970. The Morgan fingerprint density at radius 1 is 1.00 bits per heavy atom. The molecular formula is C21H26N2O5. The van der Waals surface area contributed by atoms with E-state index < -0.39 is 5.97 Å². The molecule has 0 aliphatic carbocycles. The third-order valence-electron chi connectivity index (χ3n) is 4.11. The van der Waals surface area contributed by atoms with Crippen LogP contribution >= 0.6 is 0 Å². The smallest absolute Gasteiger partial charge is 0.335 e. The van der Waals surface area contributed by atoms with Crippen molar-refractivity contribution in [2.45, 2.75) is 26.3 Å². The second-order valence-corrected chi connectivity index (χ2v) is 6.13. The Morgan fingerprint density at radius 3 is 2.36 bits per heavy atom. The Morgan fingerprint density at radius 2 is 1.71 bits per heavy atom. The molecule has 0 fully saturated rings. The van der Waals surface area contributed by atoms with Gasteiger partial charge in [0.05, 0.1) is 19.3 Å². The lowest BCUT2D eigenvalue weighted by Crippen LogP contribution is -2.35. The maximum Gasteiger partial charge on any atom is 0.335 e. The van der Waals surface area contributed by atoms with Crippen molar-refractivity contribution in [3.63, 3.8) is 0 Å². The summed E-state index contributed by atoms with van der Waals surface area (Å²) in [5, 5.41) is 14.4. The van der Waals surface area contributed by atoms with E-state index in [9.17, 15) is 9.59 Å². The Balaban J connectivity index is 1.71. The fourth-order valence-electron chi connectivity index (χ4n) is 2.65. The molecule has 150 valence electrons. The SMILES string of the molecule is CCOc1cc(CCCNC(=O)NCc2ccc(C(=O)O)cc2)ccc1OC. The molecule has 7 nitrogen and oxygen atoms in total. The first-order chi connectivity index (χ1) is 13.5. The maximum atomic E-state index is 11.9. The van der Waals surface area contributed by atoms with Gasteiger partial charge >= 0.3 is 12.0 Å². The van der Waals surface area contributed by atoms with Gasteiger partial charge in [-0.1, -0.05) is 18.2 Å². The van der Waals surface area contributed by atoms with E-state index in [2.05, 4.69) is 10.6 Å². The van der Waals surface area contributed by atoms with Crippen LogP contribution in [0.25, 0.3) is 0 Å². The van der Waals surface area contributed by atoms with Crippen LogP contribution in [0, 0.1) is 0 Å². The normalized spacial score (nSPS) is 10.2. The highest BCUT2D eigenvalue weighted by molar-refractivity contribution is 5.87. The molecule has 2 amide bonds. The molecule has 0 aromatic heterocycles. The number of ether oxygens (including phenoxy) is 2. The standard InChI is InChI=1S/C21H26N2O5/c1-3-28-19-13-15(8-11-18(19)27-2)5-4-12-22-21(26)23-14-16-6-9-17(10-7-16)20(24)25/h6-11,13H,3-5,12,14H2,1-2H3,(H,24,25)(H2,22,23,26). The molecule has 0 radical (unpaired) electrons. The third kappa shape index (κ3) is 6.50. The van der Waals surface area contributed by atoms with Crippen LogP contribution < -0.4 is 20.1 Å². The van der Waals surface area contributed by atoms with Crippen molar-refractivity contribution in [2.24, 2.45) is 0 Å². The zero-order chi connectivity index (χ0) is 20.4. The van der Waals surface area contributed by atoms with Crippen LogP contribution in [0.3, 0.4) is 0 Å². The number of carbonyl (C=O) groups is 2. The topological polar surface area (TPSA) is 96.9 Å². The number of carbonyl (C=O) groups excluding carboxylic acids is 1. The number of benzene rings is 2. The van der Waals surface area contributed by atoms with E-state index in [1.54, 1.807) is 19.2 Å². The number of hydrogen-bond donors (Lipinski definition) is 3. The van der Waals surface area contributed by atoms with Crippen molar-refractivity contribution in [3.05, 3.63) is 59.2 Å². The molecule has 0 bridgehead atoms. The third-order valence-corrected chi connectivity index (χ3v) is 4.11. The van der Waals surface area contributed by atoms with Gasteiger partial charge in [-0.3, -0.25) is 0 Å². The zero-order valence-electron chi connectivity index (χ0n) is 16.2. The Kier molecular flexibility index (Phi) is 8.14. The highest BCUT2D eigenvalue weighted by atomic mass is 16.5. The van der Waals surface area contributed by atoms with Gasteiger partial charge in [-0.15, -0.1) is 0 Å². The van der Waals surface area contributed by atoms with Crippen molar-refractivity contribution in [2.75, 3.05) is 20.3 Å². The average molecular weight is 386 g/mol. The number of aryl methyl sites for hydroxylation is 1. The molecule has 0 saturated carbocycles. The fourth-order valence-corrected chi connectivity index (χ4v) is 2.65. The quantitative estimate of drug-likeness (QED) is 0.545. The van der Waals surface area contributed by atoms with Gasteiger partial charge in [0.1, 0.15) is 0 Å². The van der Waals surface area contributed by atoms with Gasteiger partial charge in [0.15, 0.2) is 11.5 Å². The van der Waals surface area contributed by atoms with Crippen LogP contribution in [0.5, 0.6) is 11.5 Å². The van der Waals surface area contributed by atoms with E-state index in [-0.39, 0.29) is 11.6 Å². The van der Waals surface area contributed by atoms with Crippen LogP contribution in [0.1, 0.15) is 34.8 Å². The van der Waals surface area contributed by atoms with Gasteiger partial charge in [0.25, 0.3) is 0 Å². The molecule has 0 saturated heterocycles. The van der Waals surface area contributed by atoms with Crippen LogP contribution in [-0.2, 0) is 13.0 Å². The predicted molar refractivity (Wildman–Crippen MR) is 106 cm³/mol. The van der Waals surface area contributed by atoms with Gasteiger partial charge in [-0.2, -0.15) is 0 Å². The first kappa shape index (κ1) is 21.1. The fraction of sp³-hybridized carbons (Fsp3) is 0.333. The summed E-state index contributed by atoms with van der Waals surface area (Å²) in [6.45, 7) is 3.37. The number of aromatic carboxylic acids is 1. The lowest BCUT2D eigenvalue weighted by atomic mass is 10.1. The molecular weight excluding hydrogens is 360 g/mol. The number of carboxylic acids is 1. The van der Waals surface area contributed by atoms with Crippen molar-refractivity contribution < 1.29 is 24.2 Å². The minimum absolute atomic E-state index is 0.222. The van der Waals surface area contributed by atoms with Gasteiger partial charge < -0.3 is 25.2 Å². The van der Waals surface area contributed by atoms with E-state index in [0.29, 0.717) is 25.4 Å². The summed E-state index contributed by atoms with van der Waals surface area (Å²) in [4.78, 5) is 22.7. The van der Waals surface area contributed by atoms with Crippen LogP contribution in [-0.4, -0.2) is 37.4 Å². The number of methoxy groups -OCH3 is 1. The van der Waals surface area contributed by atoms with Crippen molar-refractivity contribution in [3.8, 4) is 11.5 Å². The molecule has 3 N–H and O–H groups in total. The molecule has 2 aromatic rings. The van der Waals surface area contributed by atoms with E-state index in [1.165, 1.54) is 12.1 Å². The predicted octanol–water partition coefficient (Wildman–Crippen LogP) is 3.22. The first-order valence-corrected chi connectivity index (χ1v) is 9.17. The lowest BCUT2D eigenvalue weighted by Gasteiger charge is -2.11. The zero-order valence-corrected chi connectivity index (χ0v) is 16.2. The summed E-state index contributed by atoms with van der Waals surface area (Å²) in [5.74, 6) is 0.462. The molecule has 28 heavy (non-hydrogen) atoms. The summed E-state index contributed by atoms with van der Waals surface area (Å²) in [6.07, 6.45) is 1.60.